The Morgan fingerprint density at radius 3 is 2.31 bits per heavy atom. The molecule has 0 aromatic heterocycles. The summed E-state index contributed by atoms with van der Waals surface area (Å²) in [5, 5.41) is 2.78. The Bertz CT molecular complexity index is 1030. The lowest BCUT2D eigenvalue weighted by Crippen LogP contribution is -2.51. The number of unbranched alkanes of at least 4 members (excludes halogenated alkanes) is 1. The smallest absolute Gasteiger partial charge is 0.254 e. The number of hydrogen-bond donors (Lipinski definition) is 1. The molecule has 1 unspecified atom stereocenters. The first-order chi connectivity index (χ1) is 18.5. The third-order valence-electron chi connectivity index (χ3n) is 7.23. The molecule has 39 heavy (non-hydrogen) atoms. The summed E-state index contributed by atoms with van der Waals surface area (Å²) in [7, 11) is 0. The van der Waals surface area contributed by atoms with Gasteiger partial charge in [0.2, 0.25) is 0 Å². The van der Waals surface area contributed by atoms with Gasteiger partial charge in [-0.3, -0.25) is 19.5 Å². The van der Waals surface area contributed by atoms with Gasteiger partial charge in [-0.05, 0) is 69.7 Å². The molecule has 0 aliphatic carbocycles. The van der Waals surface area contributed by atoms with E-state index in [4.69, 9.17) is 4.99 Å². The number of halogens is 1. The van der Waals surface area contributed by atoms with Gasteiger partial charge < -0.3 is 10.2 Å². The van der Waals surface area contributed by atoms with Gasteiger partial charge in [-0.15, -0.1) is 0 Å². The molecule has 1 saturated heterocycles. The number of nitrogens with zero attached hydrogens (tertiary/aromatic N) is 4. The molecule has 216 valence electrons. The second-order valence-electron chi connectivity index (χ2n) is 10.9. The van der Waals surface area contributed by atoms with Crippen LogP contribution in [-0.2, 0) is 11.2 Å². The van der Waals surface area contributed by atoms with Gasteiger partial charge in [0.15, 0.2) is 5.78 Å². The monoisotopic (exact) mass is 541 g/mol. The average Bonchev–Trinajstić information content (AvgIpc) is 3.40. The van der Waals surface area contributed by atoms with Crippen molar-refractivity contribution in [3.63, 3.8) is 0 Å². The number of aliphatic imine (C=N–C) groups is 2. The highest BCUT2D eigenvalue weighted by atomic mass is 19.1. The van der Waals surface area contributed by atoms with E-state index in [9.17, 15) is 14.0 Å². The van der Waals surface area contributed by atoms with Crippen LogP contribution in [0.1, 0.15) is 83.1 Å². The van der Waals surface area contributed by atoms with Crippen LogP contribution < -0.4 is 5.32 Å². The van der Waals surface area contributed by atoms with Gasteiger partial charge in [0.1, 0.15) is 17.5 Å². The topological polar surface area (TPSA) is 77.4 Å². The average molecular weight is 542 g/mol. The van der Waals surface area contributed by atoms with E-state index in [1.165, 1.54) is 13.0 Å². The lowest BCUT2D eigenvalue weighted by Gasteiger charge is -2.39. The molecule has 2 aliphatic rings. The van der Waals surface area contributed by atoms with Crippen LogP contribution in [0.5, 0.6) is 0 Å². The summed E-state index contributed by atoms with van der Waals surface area (Å²) in [6.07, 6.45) is 4.80. The lowest BCUT2D eigenvalue weighted by molar-refractivity contribution is -0.113. The number of ketones is 1. The van der Waals surface area contributed by atoms with Crippen molar-refractivity contribution in [3.8, 4) is 0 Å². The summed E-state index contributed by atoms with van der Waals surface area (Å²) in [6.45, 7) is 20.6. The van der Waals surface area contributed by atoms with Gasteiger partial charge in [0, 0.05) is 44.7 Å². The Balaban J connectivity index is 0.000000798. The van der Waals surface area contributed by atoms with Crippen molar-refractivity contribution in [2.75, 3.05) is 39.3 Å². The number of allylic oxidation sites excluding steroid dienone is 1. The number of amidine groups is 2. The third-order valence-corrected chi connectivity index (χ3v) is 7.23. The maximum atomic E-state index is 14.4. The summed E-state index contributed by atoms with van der Waals surface area (Å²) in [5.74, 6) is 1.80. The molecule has 2 aliphatic heterocycles. The molecule has 0 spiro atoms. The summed E-state index contributed by atoms with van der Waals surface area (Å²) in [5.41, 5.74) is 1.71. The minimum absolute atomic E-state index is 0.0648. The van der Waals surface area contributed by atoms with Crippen LogP contribution in [-0.4, -0.2) is 78.5 Å². The van der Waals surface area contributed by atoms with Crippen LogP contribution >= 0.6 is 0 Å². The van der Waals surface area contributed by atoms with Gasteiger partial charge >= 0.3 is 0 Å². The van der Waals surface area contributed by atoms with Crippen LogP contribution in [0, 0.1) is 11.7 Å². The van der Waals surface area contributed by atoms with Gasteiger partial charge in [0.05, 0.1) is 12.1 Å². The highest BCUT2D eigenvalue weighted by Gasteiger charge is 2.25. The number of amides is 1. The minimum Gasteiger partial charge on any atom is -0.356 e. The van der Waals surface area contributed by atoms with E-state index in [2.05, 4.69) is 54.4 Å². The van der Waals surface area contributed by atoms with Gasteiger partial charge in [0.25, 0.3) is 5.91 Å². The Labute approximate surface area is 234 Å². The van der Waals surface area contributed by atoms with E-state index in [0.717, 1.165) is 82.1 Å². The molecule has 0 saturated carbocycles. The summed E-state index contributed by atoms with van der Waals surface area (Å²) in [6, 6.07) is 5.52. The first-order valence-electron chi connectivity index (χ1n) is 14.4. The number of hydrogen-bond acceptors (Lipinski definition) is 6. The quantitative estimate of drug-likeness (QED) is 0.305. The van der Waals surface area contributed by atoms with Crippen molar-refractivity contribution < 1.29 is 14.0 Å². The molecular weight excluding hydrogens is 493 g/mol. The molecular formula is C31H48FN5O2. The molecule has 1 fully saturated rings. The number of aryl methyl sites for hydroxylation is 1. The highest BCUT2D eigenvalue weighted by molar-refractivity contribution is 6.03. The molecule has 3 rings (SSSR count). The van der Waals surface area contributed by atoms with Crippen LogP contribution in [0.25, 0.3) is 0 Å². The number of benzene rings is 1. The molecule has 1 aromatic carbocycles. The molecule has 0 bridgehead atoms. The Kier molecular flexibility index (Phi) is 13.5. The lowest BCUT2D eigenvalue weighted by atomic mass is 10.0. The zero-order valence-corrected chi connectivity index (χ0v) is 24.9. The predicted molar refractivity (Wildman–Crippen MR) is 159 cm³/mol. The number of carbonyl (C=O) groups is 2. The summed E-state index contributed by atoms with van der Waals surface area (Å²) >= 11 is 0. The first-order valence-corrected chi connectivity index (χ1v) is 14.4. The number of Topliss-reactive ketones (excluding diaryl/α,β-unsaturated/α-hetero) is 1. The van der Waals surface area contributed by atoms with E-state index < -0.39 is 5.82 Å². The molecule has 1 N–H and O–H groups in total. The molecule has 2 heterocycles. The Morgan fingerprint density at radius 2 is 1.77 bits per heavy atom. The van der Waals surface area contributed by atoms with E-state index in [-0.39, 0.29) is 17.3 Å². The summed E-state index contributed by atoms with van der Waals surface area (Å²) in [4.78, 5) is 36.4. The largest absolute Gasteiger partial charge is 0.356 e. The van der Waals surface area contributed by atoms with E-state index in [0.29, 0.717) is 24.1 Å². The van der Waals surface area contributed by atoms with Gasteiger partial charge in [-0.2, -0.15) is 0 Å². The normalized spacial score (nSPS) is 16.3. The zero-order valence-electron chi connectivity index (χ0n) is 24.9. The highest BCUT2D eigenvalue weighted by Crippen LogP contribution is 2.17. The Morgan fingerprint density at radius 1 is 1.10 bits per heavy atom. The second kappa shape index (κ2) is 16.3. The molecule has 1 aromatic rings. The zero-order chi connectivity index (χ0) is 28.9. The van der Waals surface area contributed by atoms with Crippen molar-refractivity contribution in [1.29, 1.82) is 0 Å². The number of carbonyl (C=O) groups excluding carboxylic acids is 2. The van der Waals surface area contributed by atoms with Crippen molar-refractivity contribution in [2.24, 2.45) is 15.9 Å². The third kappa shape index (κ3) is 10.7. The maximum Gasteiger partial charge on any atom is 0.254 e. The standard InChI is InChI=1S/C26H40FN5O.C5H8O/c1-5-6-12-28-26(33)22-11-10-21(17-23(22)27)9-7-8-20(4)31-13-15-32(16-14-31)24-18-29-25(30-24)19(2)3;1-4(2)5(3)6/h10-11,17,19-20H,5-9,12-16,18H2,1-4H3,(H,28,33);1H2,2-3H3. The van der Waals surface area contributed by atoms with Crippen LogP contribution in [0.3, 0.4) is 0 Å². The van der Waals surface area contributed by atoms with E-state index in [1.807, 2.05) is 6.07 Å². The molecule has 1 atom stereocenters. The van der Waals surface area contributed by atoms with Gasteiger partial charge in [-0.25, -0.2) is 9.38 Å². The fraction of sp³-hybridized carbons (Fsp3) is 0.613. The Hall–Kier alpha value is -2.87. The van der Waals surface area contributed by atoms with E-state index >= 15 is 0 Å². The van der Waals surface area contributed by atoms with Crippen molar-refractivity contribution in [3.05, 3.63) is 47.3 Å². The van der Waals surface area contributed by atoms with Crippen LogP contribution in [0.4, 0.5) is 4.39 Å². The molecule has 0 radical (unpaired) electrons. The van der Waals surface area contributed by atoms with E-state index in [1.54, 1.807) is 13.0 Å². The predicted octanol–water partition coefficient (Wildman–Crippen LogP) is 5.30. The SMILES string of the molecule is C=C(C)C(C)=O.CCCCNC(=O)c1ccc(CCCC(C)N2CCN(C3=NC(C(C)C)=NC3)CC2)cc1F. The van der Waals surface area contributed by atoms with Gasteiger partial charge in [-0.1, -0.05) is 39.8 Å². The molecule has 1 amide bonds. The minimum atomic E-state index is -0.426. The van der Waals surface area contributed by atoms with Crippen LogP contribution in [0.15, 0.2) is 40.3 Å². The number of nitrogens with one attached hydrogen (secondary N) is 1. The number of rotatable bonds is 11. The first kappa shape index (κ1) is 32.3. The fourth-order valence-electron chi connectivity index (χ4n) is 4.41. The molecule has 7 nitrogen and oxygen atoms in total. The molecule has 8 heteroatoms. The van der Waals surface area contributed by atoms with Crippen molar-refractivity contribution in [2.45, 2.75) is 79.7 Å². The van der Waals surface area contributed by atoms with Crippen molar-refractivity contribution >= 4 is 23.4 Å². The second-order valence-corrected chi connectivity index (χ2v) is 10.9. The van der Waals surface area contributed by atoms with Crippen molar-refractivity contribution in [1.82, 2.24) is 15.1 Å². The summed E-state index contributed by atoms with van der Waals surface area (Å²) < 4.78 is 14.4. The number of piperazine rings is 1. The maximum absolute atomic E-state index is 14.4. The van der Waals surface area contributed by atoms with Crippen LogP contribution in [0.2, 0.25) is 0 Å². The fourth-order valence-corrected chi connectivity index (χ4v) is 4.41.